The first-order chi connectivity index (χ1) is 9.80. The molecule has 3 atom stereocenters. The van der Waals surface area contributed by atoms with Crippen molar-refractivity contribution in [3.05, 3.63) is 30.3 Å². The molecule has 1 aromatic carbocycles. The second kappa shape index (κ2) is 5.30. The maximum absolute atomic E-state index is 12.7. The molecule has 0 bridgehead atoms. The van der Waals surface area contributed by atoms with E-state index in [1.165, 1.54) is 0 Å². The number of rotatable bonds is 2. The van der Waals surface area contributed by atoms with Gasteiger partial charge in [0.1, 0.15) is 12.1 Å². The normalized spacial score (nSPS) is 28.9. The van der Waals surface area contributed by atoms with Crippen molar-refractivity contribution in [2.75, 3.05) is 0 Å². The van der Waals surface area contributed by atoms with Gasteiger partial charge in [0.05, 0.1) is 10.1 Å². The van der Waals surface area contributed by atoms with Crippen molar-refractivity contribution in [1.82, 2.24) is 0 Å². The predicted molar refractivity (Wildman–Crippen MR) is 83.0 cm³/mol. The van der Waals surface area contributed by atoms with Crippen molar-refractivity contribution in [3.8, 4) is 0 Å². The van der Waals surface area contributed by atoms with Crippen molar-refractivity contribution in [1.29, 1.82) is 0 Å². The maximum Gasteiger partial charge on any atom is 0.266 e. The fourth-order valence-corrected chi connectivity index (χ4v) is 4.99. The van der Waals surface area contributed by atoms with Crippen molar-refractivity contribution >= 4 is 50.5 Å². The minimum absolute atomic E-state index is 0.0181. The van der Waals surface area contributed by atoms with E-state index in [0.717, 1.165) is 0 Å². The number of hydrogen-bond acceptors (Lipinski definition) is 4. The predicted octanol–water partition coefficient (Wildman–Crippen LogP) is 3.16. The summed E-state index contributed by atoms with van der Waals surface area (Å²) in [5, 5.41) is -0.644. The Kier molecular flexibility index (Phi) is 3.89. The first-order valence-corrected chi connectivity index (χ1v) is 9.09. The zero-order valence-corrected chi connectivity index (χ0v) is 13.8. The van der Waals surface area contributed by atoms with E-state index in [4.69, 9.17) is 39.5 Å². The van der Waals surface area contributed by atoms with E-state index in [2.05, 4.69) is 4.99 Å². The first kappa shape index (κ1) is 15.4. The summed E-state index contributed by atoms with van der Waals surface area (Å²) in [5.74, 6) is -0.0181. The Hall–Kier alpha value is -0.490. The standard InChI is InChI=1S/C13H12Cl3NO3S/c14-13(15,16)12-17-11-9(20-12)6-7-10(11)21(18,19)8-4-2-1-3-5-8/h1-5,9-11H,6-7H2/t9-,10-,11-/m1/s1. The number of fused-ring (bicyclic) bond motifs is 1. The highest BCUT2D eigenvalue weighted by Gasteiger charge is 2.51. The maximum atomic E-state index is 12.7. The van der Waals surface area contributed by atoms with Gasteiger partial charge in [-0.1, -0.05) is 53.0 Å². The van der Waals surface area contributed by atoms with Gasteiger partial charge in [0.2, 0.25) is 5.90 Å². The van der Waals surface area contributed by atoms with Gasteiger partial charge in [-0.3, -0.25) is 0 Å². The summed E-state index contributed by atoms with van der Waals surface area (Å²) in [6, 6.07) is 7.81. The van der Waals surface area contributed by atoms with Crippen LogP contribution in [0.15, 0.2) is 40.2 Å². The molecule has 1 aliphatic carbocycles. The molecule has 1 aliphatic heterocycles. The lowest BCUT2D eigenvalue weighted by Crippen LogP contribution is -2.31. The summed E-state index contributed by atoms with van der Waals surface area (Å²) in [5.41, 5.74) is 0. The lowest BCUT2D eigenvalue weighted by atomic mass is 10.2. The van der Waals surface area contributed by atoms with Crippen LogP contribution in [0.4, 0.5) is 0 Å². The van der Waals surface area contributed by atoms with Gasteiger partial charge in [0.25, 0.3) is 3.79 Å². The molecule has 1 fully saturated rings. The van der Waals surface area contributed by atoms with E-state index in [1.54, 1.807) is 30.3 Å². The molecule has 0 unspecified atom stereocenters. The molecule has 0 radical (unpaired) electrons. The molecule has 1 heterocycles. The summed E-state index contributed by atoms with van der Waals surface area (Å²) >= 11 is 17.3. The van der Waals surface area contributed by atoms with E-state index in [1.807, 2.05) is 0 Å². The van der Waals surface area contributed by atoms with Crippen LogP contribution in [0.3, 0.4) is 0 Å². The molecule has 0 aromatic heterocycles. The minimum Gasteiger partial charge on any atom is -0.472 e. The zero-order chi connectivity index (χ0) is 15.3. The molecule has 0 saturated heterocycles. The van der Waals surface area contributed by atoms with Crippen LogP contribution >= 0.6 is 34.8 Å². The summed E-state index contributed by atoms with van der Waals surface area (Å²) in [6.45, 7) is 0. The molecule has 114 valence electrons. The number of hydrogen-bond donors (Lipinski definition) is 0. The highest BCUT2D eigenvalue weighted by Crippen LogP contribution is 2.41. The number of alkyl halides is 3. The van der Waals surface area contributed by atoms with Gasteiger partial charge in [-0.15, -0.1) is 0 Å². The fraction of sp³-hybridized carbons (Fsp3) is 0.462. The van der Waals surface area contributed by atoms with Crippen molar-refractivity contribution in [3.63, 3.8) is 0 Å². The molecular weight excluding hydrogens is 357 g/mol. The van der Waals surface area contributed by atoms with Gasteiger partial charge in [-0.05, 0) is 25.0 Å². The lowest BCUT2D eigenvalue weighted by molar-refractivity contribution is 0.208. The van der Waals surface area contributed by atoms with E-state index in [-0.39, 0.29) is 16.9 Å². The SMILES string of the molecule is O=S(=O)(c1ccccc1)[C@@H]1CC[C@H]2OC(C(Cl)(Cl)Cl)=N[C@@H]12. The smallest absolute Gasteiger partial charge is 0.266 e. The van der Waals surface area contributed by atoms with Crippen LogP contribution < -0.4 is 0 Å². The monoisotopic (exact) mass is 367 g/mol. The van der Waals surface area contributed by atoms with Crippen molar-refractivity contribution in [2.24, 2.45) is 4.99 Å². The number of nitrogens with zero attached hydrogens (tertiary/aromatic N) is 1. The second-order valence-electron chi connectivity index (χ2n) is 5.05. The third kappa shape index (κ3) is 2.77. The van der Waals surface area contributed by atoms with Gasteiger partial charge in [0, 0.05) is 0 Å². The Balaban J connectivity index is 1.93. The quantitative estimate of drug-likeness (QED) is 0.754. The largest absolute Gasteiger partial charge is 0.472 e. The minimum atomic E-state index is -3.48. The average molecular weight is 369 g/mol. The third-order valence-corrected chi connectivity index (χ3v) is 6.47. The summed E-state index contributed by atoms with van der Waals surface area (Å²) in [6.07, 6.45) is 0.734. The average Bonchev–Trinajstić information content (AvgIpc) is 2.98. The third-order valence-electron chi connectivity index (χ3n) is 3.74. The highest BCUT2D eigenvalue weighted by molar-refractivity contribution is 7.92. The van der Waals surface area contributed by atoms with Crippen LogP contribution in [0, 0.1) is 0 Å². The molecule has 0 spiro atoms. The topological polar surface area (TPSA) is 55.7 Å². The van der Waals surface area contributed by atoms with E-state index in [9.17, 15) is 8.42 Å². The molecule has 0 N–H and O–H groups in total. The molecule has 2 aliphatic rings. The summed E-state index contributed by atoms with van der Waals surface area (Å²) in [7, 11) is -3.48. The Labute approximate surface area is 138 Å². The fourth-order valence-electron chi connectivity index (χ4n) is 2.78. The first-order valence-electron chi connectivity index (χ1n) is 6.41. The molecule has 8 heteroatoms. The van der Waals surface area contributed by atoms with Gasteiger partial charge in [-0.25, -0.2) is 13.4 Å². The molecule has 3 rings (SSSR count). The Morgan fingerprint density at radius 1 is 1.14 bits per heavy atom. The number of halogens is 3. The number of aliphatic imine (C=N–C) groups is 1. The molecule has 1 saturated carbocycles. The molecule has 21 heavy (non-hydrogen) atoms. The molecular formula is C13H12Cl3NO3S. The van der Waals surface area contributed by atoms with Crippen LogP contribution in [0.2, 0.25) is 0 Å². The molecule has 0 amide bonds. The van der Waals surface area contributed by atoms with Crippen LogP contribution in [0.5, 0.6) is 0 Å². The van der Waals surface area contributed by atoms with Crippen molar-refractivity contribution < 1.29 is 13.2 Å². The van der Waals surface area contributed by atoms with Gasteiger partial charge >= 0.3 is 0 Å². The molecule has 4 nitrogen and oxygen atoms in total. The lowest BCUT2D eigenvalue weighted by Gasteiger charge is -2.15. The van der Waals surface area contributed by atoms with Gasteiger partial charge in [0.15, 0.2) is 9.84 Å². The van der Waals surface area contributed by atoms with Crippen LogP contribution in [0.25, 0.3) is 0 Å². The van der Waals surface area contributed by atoms with E-state index < -0.39 is 24.9 Å². The van der Waals surface area contributed by atoms with E-state index >= 15 is 0 Å². The Morgan fingerprint density at radius 2 is 1.81 bits per heavy atom. The number of sulfone groups is 1. The summed E-state index contributed by atoms with van der Waals surface area (Å²) < 4.78 is 29.2. The van der Waals surface area contributed by atoms with Gasteiger partial charge < -0.3 is 4.74 Å². The van der Waals surface area contributed by atoms with Crippen LogP contribution in [-0.4, -0.2) is 35.5 Å². The number of ether oxygens (including phenoxy) is 1. The number of benzene rings is 1. The van der Waals surface area contributed by atoms with E-state index in [0.29, 0.717) is 12.8 Å². The van der Waals surface area contributed by atoms with Gasteiger partial charge in [-0.2, -0.15) is 0 Å². The Morgan fingerprint density at radius 3 is 2.43 bits per heavy atom. The zero-order valence-electron chi connectivity index (χ0n) is 10.7. The highest BCUT2D eigenvalue weighted by atomic mass is 35.6. The molecule has 1 aromatic rings. The van der Waals surface area contributed by atoms with Crippen molar-refractivity contribution in [2.45, 2.75) is 38.9 Å². The Bertz CT molecular complexity index is 670. The summed E-state index contributed by atoms with van der Waals surface area (Å²) in [4.78, 5) is 4.50. The van der Waals surface area contributed by atoms with Crippen LogP contribution in [-0.2, 0) is 14.6 Å². The van der Waals surface area contributed by atoms with Crippen LogP contribution in [0.1, 0.15) is 12.8 Å². The second-order valence-corrected chi connectivity index (χ2v) is 9.50.